The lowest BCUT2D eigenvalue weighted by Crippen LogP contribution is -2.40. The number of nitrogens with one attached hydrogen (secondary N) is 1. The van der Waals surface area contributed by atoms with Crippen molar-refractivity contribution in [3.05, 3.63) is 77.1 Å². The highest BCUT2D eigenvalue weighted by molar-refractivity contribution is 5.95. The molecule has 1 amide bonds. The highest BCUT2D eigenvalue weighted by atomic mass is 16.1. The number of aromatic nitrogens is 1. The van der Waals surface area contributed by atoms with Crippen molar-refractivity contribution in [3.8, 4) is 0 Å². The molecule has 2 aromatic rings. The molecule has 0 bridgehead atoms. The molecule has 1 saturated carbocycles. The Balaban J connectivity index is 0.000000293. The van der Waals surface area contributed by atoms with E-state index in [0.29, 0.717) is 11.5 Å². The summed E-state index contributed by atoms with van der Waals surface area (Å²) >= 11 is 0. The van der Waals surface area contributed by atoms with Gasteiger partial charge in [-0.2, -0.15) is 0 Å². The van der Waals surface area contributed by atoms with E-state index in [2.05, 4.69) is 66.8 Å². The van der Waals surface area contributed by atoms with E-state index in [1.165, 1.54) is 75.4 Å². The Morgan fingerprint density at radius 2 is 1.62 bits per heavy atom. The minimum atomic E-state index is -0.0356. The van der Waals surface area contributed by atoms with Crippen molar-refractivity contribution in [2.24, 2.45) is 5.41 Å². The standard InChI is InChI=1S/C13H19N.C11H19NO.C9H11NO.C2H6/c1-12-4-6-13(7-5-12)8-11-14-9-2-3-10-14;1-4-9(12-10(13)5-2)11(6-3)7-8-11;1-6-4-5-9(8(3)11)7(2)10-6;1-2/h4-7H,2-3,8-11H2,1H3;5,9H,2,4,6-8H2,1,3H3,(H,12,13);4-5H,1-3H3;1-2H3/t;9-;;/m.1../s1. The Morgan fingerprint density at radius 3 is 2.08 bits per heavy atom. The van der Waals surface area contributed by atoms with Crippen LogP contribution in [-0.4, -0.2) is 47.3 Å². The number of Topliss-reactive ketones (excluding diaryl/α,β-unsaturated/α-hetero) is 1. The molecule has 4 rings (SSSR count). The van der Waals surface area contributed by atoms with Crippen LogP contribution in [0.15, 0.2) is 49.1 Å². The van der Waals surface area contributed by atoms with E-state index in [1.54, 1.807) is 6.92 Å². The Bertz CT molecular complexity index is 1040. The van der Waals surface area contributed by atoms with E-state index in [9.17, 15) is 9.59 Å². The molecule has 1 aromatic heterocycles. The van der Waals surface area contributed by atoms with Gasteiger partial charge in [0.05, 0.1) is 0 Å². The molecule has 5 nitrogen and oxygen atoms in total. The normalized spacial score (nSPS) is 15.6. The van der Waals surface area contributed by atoms with Gasteiger partial charge in [-0.05, 0) is 115 Å². The van der Waals surface area contributed by atoms with Gasteiger partial charge < -0.3 is 10.2 Å². The quantitative estimate of drug-likeness (QED) is 0.256. The molecule has 1 N–H and O–H groups in total. The first-order chi connectivity index (χ1) is 19.1. The molecule has 2 fully saturated rings. The first-order valence-electron chi connectivity index (χ1n) is 15.3. The fourth-order valence-corrected chi connectivity index (χ4v) is 5.13. The van der Waals surface area contributed by atoms with Crippen LogP contribution in [0.5, 0.6) is 0 Å². The van der Waals surface area contributed by atoms with E-state index in [1.807, 2.05) is 39.8 Å². The summed E-state index contributed by atoms with van der Waals surface area (Å²) < 4.78 is 0. The molecule has 1 atom stereocenters. The second-order valence-corrected chi connectivity index (χ2v) is 10.8. The lowest BCUT2D eigenvalue weighted by atomic mass is 9.91. The van der Waals surface area contributed by atoms with Crippen LogP contribution in [0.25, 0.3) is 0 Å². The topological polar surface area (TPSA) is 62.3 Å². The van der Waals surface area contributed by atoms with Crippen LogP contribution < -0.4 is 5.32 Å². The maximum Gasteiger partial charge on any atom is 0.243 e. The molecule has 1 saturated heterocycles. The van der Waals surface area contributed by atoms with Crippen molar-refractivity contribution in [2.75, 3.05) is 19.6 Å². The summed E-state index contributed by atoms with van der Waals surface area (Å²) in [5.41, 5.74) is 5.73. The molecule has 2 aliphatic rings. The van der Waals surface area contributed by atoms with Gasteiger partial charge in [-0.15, -0.1) is 0 Å². The van der Waals surface area contributed by atoms with Crippen molar-refractivity contribution in [1.29, 1.82) is 0 Å². The zero-order valence-electron chi connectivity index (χ0n) is 26.6. The van der Waals surface area contributed by atoms with Crippen molar-refractivity contribution < 1.29 is 9.59 Å². The molecule has 0 spiro atoms. The fraction of sp³-hybridized carbons (Fsp3) is 0.571. The Kier molecular flexibility index (Phi) is 16.3. The Morgan fingerprint density at radius 1 is 1.02 bits per heavy atom. The largest absolute Gasteiger partial charge is 0.349 e. The van der Waals surface area contributed by atoms with E-state index in [-0.39, 0.29) is 11.7 Å². The van der Waals surface area contributed by atoms with Gasteiger partial charge in [-0.1, -0.05) is 64.1 Å². The number of carbonyl (C=O) groups excluding carboxylic acids is 2. The zero-order chi connectivity index (χ0) is 30.1. The van der Waals surface area contributed by atoms with Gasteiger partial charge in [-0.25, -0.2) is 0 Å². The molecule has 0 unspecified atom stereocenters. The summed E-state index contributed by atoms with van der Waals surface area (Å²) in [5.74, 6) is 0.0431. The summed E-state index contributed by atoms with van der Waals surface area (Å²) in [7, 11) is 0. The Labute approximate surface area is 244 Å². The highest BCUT2D eigenvalue weighted by Gasteiger charge is 2.47. The highest BCUT2D eigenvalue weighted by Crippen LogP contribution is 2.52. The van der Waals surface area contributed by atoms with Crippen molar-refractivity contribution in [2.45, 2.75) is 106 Å². The SMILES string of the molecule is C=CC(=O)N[C@H](CC)C1(CC)CC1.CC.CC(=O)c1ccc(C)nc1C.Cc1ccc(CCN2CCCC2)cc1. The summed E-state index contributed by atoms with van der Waals surface area (Å²) in [6, 6.07) is 12.9. The lowest BCUT2D eigenvalue weighted by Gasteiger charge is -2.25. The van der Waals surface area contributed by atoms with Crippen LogP contribution >= 0.6 is 0 Å². The summed E-state index contributed by atoms with van der Waals surface area (Å²) in [5, 5.41) is 3.01. The number of ketones is 1. The van der Waals surface area contributed by atoms with Crippen LogP contribution in [0.3, 0.4) is 0 Å². The number of rotatable bonds is 9. The molecule has 5 heteroatoms. The smallest absolute Gasteiger partial charge is 0.243 e. The van der Waals surface area contributed by atoms with E-state index in [0.717, 1.165) is 23.4 Å². The maximum atomic E-state index is 11.1. The minimum Gasteiger partial charge on any atom is -0.349 e. The first kappa shape index (κ1) is 35.2. The van der Waals surface area contributed by atoms with Gasteiger partial charge in [-0.3, -0.25) is 14.6 Å². The molecule has 1 aromatic carbocycles. The molecule has 222 valence electrons. The van der Waals surface area contributed by atoms with Gasteiger partial charge in [0, 0.05) is 29.5 Å². The maximum absolute atomic E-state index is 11.1. The summed E-state index contributed by atoms with van der Waals surface area (Å²) in [6.45, 7) is 23.1. The van der Waals surface area contributed by atoms with Crippen LogP contribution in [0.2, 0.25) is 0 Å². The van der Waals surface area contributed by atoms with Crippen LogP contribution in [0.4, 0.5) is 0 Å². The molecule has 1 aliphatic heterocycles. The minimum absolute atomic E-state index is 0.0356. The number of carbonyl (C=O) groups is 2. The number of hydrogen-bond donors (Lipinski definition) is 1. The number of nitrogens with zero attached hydrogens (tertiary/aromatic N) is 2. The van der Waals surface area contributed by atoms with E-state index >= 15 is 0 Å². The van der Waals surface area contributed by atoms with Crippen molar-refractivity contribution in [3.63, 3.8) is 0 Å². The Hall–Kier alpha value is -2.79. The van der Waals surface area contributed by atoms with Crippen LogP contribution in [0.1, 0.15) is 106 Å². The molecule has 1 aliphatic carbocycles. The van der Waals surface area contributed by atoms with Crippen molar-refractivity contribution >= 4 is 11.7 Å². The monoisotopic (exact) mass is 549 g/mol. The molecule has 0 radical (unpaired) electrons. The van der Waals surface area contributed by atoms with Crippen molar-refractivity contribution in [1.82, 2.24) is 15.2 Å². The first-order valence-corrected chi connectivity index (χ1v) is 15.3. The van der Waals surface area contributed by atoms with Gasteiger partial charge in [0.2, 0.25) is 5.91 Å². The third kappa shape index (κ3) is 12.2. The number of amides is 1. The molecular weight excluding hydrogens is 494 g/mol. The van der Waals surface area contributed by atoms with Gasteiger partial charge >= 0.3 is 0 Å². The molecular formula is C35H55N3O2. The number of benzene rings is 1. The predicted octanol–water partition coefficient (Wildman–Crippen LogP) is 7.82. The van der Waals surface area contributed by atoms with Gasteiger partial charge in [0.1, 0.15) is 0 Å². The van der Waals surface area contributed by atoms with E-state index in [4.69, 9.17) is 0 Å². The predicted molar refractivity (Wildman–Crippen MR) is 170 cm³/mol. The van der Waals surface area contributed by atoms with E-state index < -0.39 is 0 Å². The van der Waals surface area contributed by atoms with Crippen LogP contribution in [-0.2, 0) is 11.2 Å². The number of pyridine rings is 1. The third-order valence-corrected chi connectivity index (χ3v) is 7.89. The summed E-state index contributed by atoms with van der Waals surface area (Å²) in [4.78, 5) is 28.8. The second-order valence-electron chi connectivity index (χ2n) is 10.8. The zero-order valence-corrected chi connectivity index (χ0v) is 26.6. The molecule has 40 heavy (non-hydrogen) atoms. The van der Waals surface area contributed by atoms with Gasteiger partial charge in [0.15, 0.2) is 5.78 Å². The number of aryl methyl sites for hydroxylation is 3. The average Bonchev–Trinajstić information content (AvgIpc) is 3.58. The average molecular weight is 550 g/mol. The van der Waals surface area contributed by atoms with Crippen LogP contribution in [0, 0.1) is 26.2 Å². The summed E-state index contributed by atoms with van der Waals surface area (Å²) in [6.07, 6.45) is 10.1. The fourth-order valence-electron chi connectivity index (χ4n) is 5.13. The second kappa shape index (κ2) is 18.5. The number of hydrogen-bond acceptors (Lipinski definition) is 4. The molecule has 2 heterocycles. The third-order valence-electron chi connectivity index (χ3n) is 7.89. The lowest BCUT2D eigenvalue weighted by molar-refractivity contribution is -0.117. The van der Waals surface area contributed by atoms with Gasteiger partial charge in [0.25, 0.3) is 0 Å². The number of likely N-dealkylation sites (tertiary alicyclic amines) is 1.